The van der Waals surface area contributed by atoms with Gasteiger partial charge in [-0.2, -0.15) is 15.4 Å². The first-order valence-corrected chi connectivity index (χ1v) is 11.4. The minimum Gasteiger partial charge on any atom is -0.345 e. The average Bonchev–Trinajstić information content (AvgIpc) is 3.53. The quantitative estimate of drug-likeness (QED) is 0.489. The van der Waals surface area contributed by atoms with E-state index in [2.05, 4.69) is 75.1 Å². The number of aryl methyl sites for hydroxylation is 2. The summed E-state index contributed by atoms with van der Waals surface area (Å²) in [6.45, 7) is 6.12. The number of amides is 1. The Morgan fingerprint density at radius 2 is 2.00 bits per heavy atom. The van der Waals surface area contributed by atoms with Crippen molar-refractivity contribution >= 4 is 16.8 Å². The van der Waals surface area contributed by atoms with Gasteiger partial charge in [-0.3, -0.25) is 4.79 Å². The lowest BCUT2D eigenvalue weighted by atomic mass is 10.1. The molecule has 32 heavy (non-hydrogen) atoms. The Bertz CT molecular complexity index is 1210. The molecule has 4 aromatic rings. The summed E-state index contributed by atoms with van der Waals surface area (Å²) in [5, 5.41) is 12.0. The second-order valence-electron chi connectivity index (χ2n) is 9.01. The molecule has 164 valence electrons. The zero-order chi connectivity index (χ0) is 22.1. The molecule has 2 aromatic heterocycles. The number of likely N-dealkylation sites (tertiary alicyclic amines) is 1. The number of carbonyl (C=O) groups is 1. The van der Waals surface area contributed by atoms with Gasteiger partial charge in [-0.25, -0.2) is 0 Å². The van der Waals surface area contributed by atoms with Gasteiger partial charge in [0.1, 0.15) is 5.69 Å². The molecule has 1 fully saturated rings. The fourth-order valence-electron chi connectivity index (χ4n) is 5.07. The Hall–Kier alpha value is -3.41. The average molecular weight is 428 g/mol. The number of aromatic nitrogens is 4. The van der Waals surface area contributed by atoms with Crippen molar-refractivity contribution in [3.63, 3.8) is 0 Å². The van der Waals surface area contributed by atoms with Crippen LogP contribution in [0.3, 0.4) is 0 Å². The zero-order valence-corrected chi connectivity index (χ0v) is 18.7. The largest absolute Gasteiger partial charge is 0.345 e. The predicted molar refractivity (Wildman–Crippen MR) is 126 cm³/mol. The molecule has 2 atom stereocenters. The van der Waals surface area contributed by atoms with Gasteiger partial charge in [0.05, 0.1) is 6.20 Å². The van der Waals surface area contributed by atoms with Crippen molar-refractivity contribution in [3.8, 4) is 11.3 Å². The molecule has 6 nitrogen and oxygen atoms in total. The highest BCUT2D eigenvalue weighted by molar-refractivity contribution is 5.86. The first-order chi connectivity index (χ1) is 15.6. The number of H-pyrrole nitrogens is 1. The number of fused-ring (bicyclic) bond motifs is 1. The van der Waals surface area contributed by atoms with Crippen LogP contribution >= 0.6 is 0 Å². The van der Waals surface area contributed by atoms with Gasteiger partial charge in [-0.05, 0) is 56.4 Å². The van der Waals surface area contributed by atoms with E-state index in [1.165, 1.54) is 22.2 Å². The van der Waals surface area contributed by atoms with Gasteiger partial charge in [0, 0.05) is 47.7 Å². The van der Waals surface area contributed by atoms with Crippen LogP contribution in [0.4, 0.5) is 0 Å². The third-order valence-corrected chi connectivity index (χ3v) is 6.71. The molecular formula is C26H29N5O. The molecule has 1 aliphatic rings. The molecule has 2 unspecified atom stereocenters. The van der Waals surface area contributed by atoms with E-state index in [-0.39, 0.29) is 5.91 Å². The molecule has 3 heterocycles. The van der Waals surface area contributed by atoms with Crippen LogP contribution in [0, 0.1) is 12.8 Å². The highest BCUT2D eigenvalue weighted by atomic mass is 16.2. The smallest absolute Gasteiger partial charge is 0.223 e. The van der Waals surface area contributed by atoms with Gasteiger partial charge in [-0.15, -0.1) is 0 Å². The first kappa shape index (κ1) is 20.5. The Morgan fingerprint density at radius 3 is 2.78 bits per heavy atom. The van der Waals surface area contributed by atoms with Crippen LogP contribution in [0.1, 0.15) is 31.0 Å². The number of nitrogens with zero attached hydrogens (tertiary/aromatic N) is 4. The fraction of sp³-hybridized carbons (Fsp3) is 0.346. The summed E-state index contributed by atoms with van der Waals surface area (Å²) in [4.78, 5) is 15.0. The van der Waals surface area contributed by atoms with E-state index in [0.29, 0.717) is 18.4 Å². The van der Waals surface area contributed by atoms with Gasteiger partial charge in [0.25, 0.3) is 0 Å². The summed E-state index contributed by atoms with van der Waals surface area (Å²) in [5.74, 6) is 0.741. The minimum atomic E-state index is 0.273. The van der Waals surface area contributed by atoms with E-state index in [0.717, 1.165) is 37.2 Å². The SMILES string of the molecule is Cc1cc2cc(-c3cn[nH]n3)ccc2n1CC1CC(C)N(C(=O)CCc2ccccc2)C1. The van der Waals surface area contributed by atoms with Crippen molar-refractivity contribution in [1.82, 2.24) is 24.9 Å². The number of hydrogen-bond donors (Lipinski definition) is 1. The highest BCUT2D eigenvalue weighted by Crippen LogP contribution is 2.30. The monoisotopic (exact) mass is 427 g/mol. The maximum atomic E-state index is 12.9. The highest BCUT2D eigenvalue weighted by Gasteiger charge is 2.32. The molecule has 1 amide bonds. The van der Waals surface area contributed by atoms with E-state index in [9.17, 15) is 4.79 Å². The summed E-state index contributed by atoms with van der Waals surface area (Å²) in [6, 6.07) is 19.3. The second kappa shape index (κ2) is 8.61. The van der Waals surface area contributed by atoms with Crippen LogP contribution in [-0.2, 0) is 17.8 Å². The normalized spacial score (nSPS) is 18.5. The third kappa shape index (κ3) is 4.05. The molecule has 5 rings (SSSR count). The maximum absolute atomic E-state index is 12.9. The lowest BCUT2D eigenvalue weighted by Gasteiger charge is -2.21. The molecule has 0 aliphatic carbocycles. The van der Waals surface area contributed by atoms with E-state index >= 15 is 0 Å². The van der Waals surface area contributed by atoms with Crippen LogP contribution in [-0.4, -0.2) is 43.4 Å². The fourth-order valence-corrected chi connectivity index (χ4v) is 5.07. The molecular weight excluding hydrogens is 398 g/mol. The Kier molecular flexibility index (Phi) is 5.52. The van der Waals surface area contributed by atoms with Crippen molar-refractivity contribution in [2.24, 2.45) is 5.92 Å². The zero-order valence-electron chi connectivity index (χ0n) is 18.7. The van der Waals surface area contributed by atoms with Gasteiger partial charge < -0.3 is 9.47 Å². The number of benzene rings is 2. The van der Waals surface area contributed by atoms with E-state index < -0.39 is 0 Å². The Morgan fingerprint density at radius 1 is 1.16 bits per heavy atom. The van der Waals surface area contributed by atoms with Crippen molar-refractivity contribution < 1.29 is 4.79 Å². The lowest BCUT2D eigenvalue weighted by molar-refractivity contribution is -0.131. The second-order valence-corrected chi connectivity index (χ2v) is 9.01. The van der Waals surface area contributed by atoms with Gasteiger partial charge >= 0.3 is 0 Å². The van der Waals surface area contributed by atoms with Crippen LogP contribution in [0.2, 0.25) is 0 Å². The summed E-state index contributed by atoms with van der Waals surface area (Å²) in [7, 11) is 0. The lowest BCUT2D eigenvalue weighted by Crippen LogP contribution is -2.34. The summed E-state index contributed by atoms with van der Waals surface area (Å²) < 4.78 is 2.40. The van der Waals surface area contributed by atoms with Gasteiger partial charge in [-0.1, -0.05) is 36.4 Å². The molecule has 2 aromatic carbocycles. The molecule has 0 bridgehead atoms. The van der Waals surface area contributed by atoms with E-state index in [1.807, 2.05) is 18.2 Å². The van der Waals surface area contributed by atoms with Crippen LogP contribution < -0.4 is 0 Å². The Balaban J connectivity index is 1.27. The van der Waals surface area contributed by atoms with E-state index in [1.54, 1.807) is 6.20 Å². The molecule has 6 heteroatoms. The van der Waals surface area contributed by atoms with Gasteiger partial charge in [0.2, 0.25) is 5.91 Å². The summed E-state index contributed by atoms with van der Waals surface area (Å²) >= 11 is 0. The molecule has 0 saturated carbocycles. The molecule has 0 spiro atoms. The molecule has 1 N–H and O–H groups in total. The number of nitrogens with one attached hydrogen (secondary N) is 1. The van der Waals surface area contributed by atoms with Crippen molar-refractivity contribution in [2.45, 2.75) is 45.7 Å². The predicted octanol–water partition coefficient (Wildman–Crippen LogP) is 4.60. The molecule has 1 saturated heterocycles. The summed E-state index contributed by atoms with van der Waals surface area (Å²) in [6.07, 6.45) is 4.18. The number of rotatable bonds is 6. The molecule has 1 aliphatic heterocycles. The Labute approximate surface area is 188 Å². The topological polar surface area (TPSA) is 66.8 Å². The van der Waals surface area contributed by atoms with Crippen LogP contribution in [0.15, 0.2) is 60.8 Å². The van der Waals surface area contributed by atoms with Crippen molar-refractivity contribution in [2.75, 3.05) is 6.54 Å². The van der Waals surface area contributed by atoms with Gasteiger partial charge in [0.15, 0.2) is 0 Å². The first-order valence-electron chi connectivity index (χ1n) is 11.4. The minimum absolute atomic E-state index is 0.273. The molecule has 0 radical (unpaired) electrons. The van der Waals surface area contributed by atoms with Crippen molar-refractivity contribution in [3.05, 3.63) is 72.1 Å². The van der Waals surface area contributed by atoms with E-state index in [4.69, 9.17) is 0 Å². The van der Waals surface area contributed by atoms with Crippen molar-refractivity contribution in [1.29, 1.82) is 0 Å². The number of hydrogen-bond acceptors (Lipinski definition) is 3. The maximum Gasteiger partial charge on any atom is 0.223 e. The standard InChI is InChI=1S/C26H29N5O/c1-18-12-21(17-31(18)26(32)11-8-20-6-4-3-5-7-20)16-30-19(2)13-23-14-22(9-10-25(23)30)24-15-27-29-28-24/h3-7,9-10,13-15,18,21H,8,11-12,16-17H2,1-2H3,(H,27,28,29). The number of carbonyl (C=O) groups excluding carboxylic acids is 1. The third-order valence-electron chi connectivity index (χ3n) is 6.71. The number of aromatic amines is 1. The van der Waals surface area contributed by atoms with Crippen LogP contribution in [0.25, 0.3) is 22.2 Å². The summed E-state index contributed by atoms with van der Waals surface area (Å²) in [5.41, 5.74) is 5.62. The van der Waals surface area contributed by atoms with Crippen LogP contribution in [0.5, 0.6) is 0 Å².